The molecule has 0 unspecified atom stereocenters. The molecule has 0 radical (unpaired) electrons. The van der Waals surface area contributed by atoms with Crippen molar-refractivity contribution in [2.24, 2.45) is 0 Å². The van der Waals surface area contributed by atoms with Gasteiger partial charge < -0.3 is 5.32 Å². The van der Waals surface area contributed by atoms with Crippen molar-refractivity contribution in [1.29, 1.82) is 0 Å². The molecule has 2 nitrogen and oxygen atoms in total. The van der Waals surface area contributed by atoms with Crippen molar-refractivity contribution in [3.8, 4) is 12.3 Å². The van der Waals surface area contributed by atoms with Crippen molar-refractivity contribution in [2.75, 3.05) is 6.54 Å². The molecule has 0 aliphatic carbocycles. The Morgan fingerprint density at radius 1 is 0.810 bits per heavy atom. The van der Waals surface area contributed by atoms with Crippen LogP contribution in [0.2, 0.25) is 0 Å². The number of rotatable bonds is 15. The fourth-order valence-electron chi connectivity index (χ4n) is 2.54. The highest BCUT2D eigenvalue weighted by Gasteiger charge is 1.99. The highest BCUT2D eigenvalue weighted by molar-refractivity contribution is 5.76. The van der Waals surface area contributed by atoms with Gasteiger partial charge in [-0.05, 0) is 6.42 Å². The lowest BCUT2D eigenvalue weighted by Gasteiger charge is -2.03. The van der Waals surface area contributed by atoms with Gasteiger partial charge >= 0.3 is 0 Å². The van der Waals surface area contributed by atoms with E-state index in [4.69, 9.17) is 6.42 Å². The molecule has 1 amide bonds. The third-order valence-electron chi connectivity index (χ3n) is 3.90. The largest absolute Gasteiger partial charge is 0.345 e. The molecule has 0 rings (SSSR count). The summed E-state index contributed by atoms with van der Waals surface area (Å²) in [5.41, 5.74) is 0. The Labute approximate surface area is 132 Å². The smallest absolute Gasteiger partial charge is 0.220 e. The Hall–Kier alpha value is -0.970. The van der Waals surface area contributed by atoms with Crippen molar-refractivity contribution >= 4 is 5.91 Å². The average molecular weight is 293 g/mol. The van der Waals surface area contributed by atoms with Crippen LogP contribution < -0.4 is 5.32 Å². The molecule has 1 N–H and O–H groups in total. The van der Waals surface area contributed by atoms with Gasteiger partial charge in [0.25, 0.3) is 0 Å². The second kappa shape index (κ2) is 17.1. The number of hydrogen-bond acceptors (Lipinski definition) is 1. The zero-order chi connectivity index (χ0) is 15.6. The van der Waals surface area contributed by atoms with Crippen LogP contribution in [-0.4, -0.2) is 12.5 Å². The van der Waals surface area contributed by atoms with Gasteiger partial charge in [0, 0.05) is 6.42 Å². The summed E-state index contributed by atoms with van der Waals surface area (Å²) in [4.78, 5) is 11.3. The maximum atomic E-state index is 11.3. The van der Waals surface area contributed by atoms with Gasteiger partial charge in [0.1, 0.15) is 0 Å². The van der Waals surface area contributed by atoms with E-state index < -0.39 is 0 Å². The van der Waals surface area contributed by atoms with Gasteiger partial charge in [0.2, 0.25) is 5.91 Å². The molecule has 0 fully saturated rings. The van der Waals surface area contributed by atoms with E-state index in [-0.39, 0.29) is 5.91 Å². The van der Waals surface area contributed by atoms with Gasteiger partial charge in [-0.1, -0.05) is 89.9 Å². The molecule has 0 bridgehead atoms. The van der Waals surface area contributed by atoms with E-state index in [1.165, 1.54) is 77.0 Å². The van der Waals surface area contributed by atoms with E-state index in [1.807, 2.05) is 0 Å². The zero-order valence-corrected chi connectivity index (χ0v) is 14.1. The summed E-state index contributed by atoms with van der Waals surface area (Å²) in [6, 6.07) is 0. The lowest BCUT2D eigenvalue weighted by atomic mass is 10.0. The molecular weight excluding hydrogens is 258 g/mol. The summed E-state index contributed by atoms with van der Waals surface area (Å²) in [5.74, 6) is 2.51. The van der Waals surface area contributed by atoms with E-state index in [2.05, 4.69) is 18.2 Å². The SMILES string of the molecule is C#CCNC(=O)CCCCCCCCCCCCCCC. The fraction of sp³-hybridized carbons (Fsp3) is 0.842. The normalized spacial score (nSPS) is 10.3. The van der Waals surface area contributed by atoms with Crippen LogP contribution in [0.5, 0.6) is 0 Å². The van der Waals surface area contributed by atoms with Gasteiger partial charge in [0.05, 0.1) is 6.54 Å². The summed E-state index contributed by atoms with van der Waals surface area (Å²) < 4.78 is 0. The molecule has 0 heterocycles. The third kappa shape index (κ3) is 17.0. The summed E-state index contributed by atoms with van der Waals surface area (Å²) in [6.07, 6.45) is 23.0. The van der Waals surface area contributed by atoms with Crippen LogP contribution in [0, 0.1) is 12.3 Å². The Morgan fingerprint density at radius 3 is 1.67 bits per heavy atom. The van der Waals surface area contributed by atoms with Gasteiger partial charge in [-0.15, -0.1) is 6.42 Å². The Kier molecular flexibility index (Phi) is 16.3. The van der Waals surface area contributed by atoms with Crippen molar-refractivity contribution in [2.45, 2.75) is 96.8 Å². The van der Waals surface area contributed by atoms with Crippen LogP contribution in [0.4, 0.5) is 0 Å². The lowest BCUT2D eigenvalue weighted by molar-refractivity contribution is -0.120. The molecule has 0 aliphatic rings. The second-order valence-corrected chi connectivity index (χ2v) is 5.97. The number of amides is 1. The molecule has 0 atom stereocenters. The van der Waals surface area contributed by atoms with Crippen LogP contribution in [-0.2, 0) is 4.79 Å². The van der Waals surface area contributed by atoms with Crippen LogP contribution in [0.15, 0.2) is 0 Å². The molecule has 122 valence electrons. The quantitative estimate of drug-likeness (QED) is 0.325. The number of nitrogens with one attached hydrogen (secondary N) is 1. The molecule has 0 aliphatic heterocycles. The van der Waals surface area contributed by atoms with E-state index >= 15 is 0 Å². The first-order chi connectivity index (χ1) is 10.3. The number of hydrogen-bond donors (Lipinski definition) is 1. The van der Waals surface area contributed by atoms with Gasteiger partial charge in [-0.3, -0.25) is 4.79 Å². The first kappa shape index (κ1) is 20.0. The van der Waals surface area contributed by atoms with Crippen molar-refractivity contribution in [3.63, 3.8) is 0 Å². The molecular formula is C19H35NO. The highest BCUT2D eigenvalue weighted by atomic mass is 16.1. The maximum absolute atomic E-state index is 11.3. The summed E-state index contributed by atoms with van der Waals surface area (Å²) in [5, 5.41) is 2.70. The van der Waals surface area contributed by atoms with Crippen LogP contribution >= 0.6 is 0 Å². The molecule has 0 aromatic carbocycles. The maximum Gasteiger partial charge on any atom is 0.220 e. The topological polar surface area (TPSA) is 29.1 Å². The first-order valence-electron chi connectivity index (χ1n) is 9.01. The molecule has 0 saturated carbocycles. The molecule has 0 spiro atoms. The fourth-order valence-corrected chi connectivity index (χ4v) is 2.54. The van der Waals surface area contributed by atoms with Gasteiger partial charge in [-0.2, -0.15) is 0 Å². The predicted molar refractivity (Wildman–Crippen MR) is 92.2 cm³/mol. The molecule has 0 aromatic heterocycles. The standard InChI is InChI=1S/C19H35NO/c1-3-5-6-7-8-9-10-11-12-13-14-15-16-17-19(21)20-18-4-2/h2H,3,5-18H2,1H3,(H,20,21). The number of unbranched alkanes of at least 4 members (excludes halogenated alkanes) is 12. The number of carbonyl (C=O) groups excluding carboxylic acids is 1. The predicted octanol–water partition coefficient (Wildman–Crippen LogP) is 5.22. The van der Waals surface area contributed by atoms with E-state index in [9.17, 15) is 4.79 Å². The van der Waals surface area contributed by atoms with Crippen molar-refractivity contribution in [1.82, 2.24) is 5.32 Å². The first-order valence-corrected chi connectivity index (χ1v) is 9.01. The Bertz CT molecular complexity index is 267. The Balaban J connectivity index is 3.06. The van der Waals surface area contributed by atoms with Gasteiger partial charge in [-0.25, -0.2) is 0 Å². The Morgan fingerprint density at radius 2 is 1.24 bits per heavy atom. The number of terminal acetylenes is 1. The van der Waals surface area contributed by atoms with Crippen LogP contribution in [0.1, 0.15) is 96.8 Å². The minimum atomic E-state index is 0.0935. The highest BCUT2D eigenvalue weighted by Crippen LogP contribution is 2.12. The molecule has 2 heteroatoms. The van der Waals surface area contributed by atoms with Gasteiger partial charge in [0.15, 0.2) is 0 Å². The van der Waals surface area contributed by atoms with Crippen LogP contribution in [0.25, 0.3) is 0 Å². The molecule has 21 heavy (non-hydrogen) atoms. The zero-order valence-electron chi connectivity index (χ0n) is 14.1. The lowest BCUT2D eigenvalue weighted by Crippen LogP contribution is -2.22. The van der Waals surface area contributed by atoms with E-state index in [0.717, 1.165) is 6.42 Å². The average Bonchev–Trinajstić information content (AvgIpc) is 2.49. The van der Waals surface area contributed by atoms with Crippen molar-refractivity contribution in [3.05, 3.63) is 0 Å². The summed E-state index contributed by atoms with van der Waals surface area (Å²) in [6.45, 7) is 2.63. The monoisotopic (exact) mass is 293 g/mol. The number of carbonyl (C=O) groups is 1. The third-order valence-corrected chi connectivity index (χ3v) is 3.90. The minimum Gasteiger partial charge on any atom is -0.345 e. The minimum absolute atomic E-state index is 0.0935. The molecule has 0 aromatic rings. The second-order valence-electron chi connectivity index (χ2n) is 5.97. The van der Waals surface area contributed by atoms with E-state index in [0.29, 0.717) is 13.0 Å². The van der Waals surface area contributed by atoms with Crippen LogP contribution in [0.3, 0.4) is 0 Å². The summed E-state index contributed by atoms with van der Waals surface area (Å²) >= 11 is 0. The van der Waals surface area contributed by atoms with Crippen molar-refractivity contribution < 1.29 is 4.79 Å². The summed E-state index contributed by atoms with van der Waals surface area (Å²) in [7, 11) is 0. The van der Waals surface area contributed by atoms with E-state index in [1.54, 1.807) is 0 Å². The molecule has 0 saturated heterocycles.